The van der Waals surface area contributed by atoms with Crippen LogP contribution in [0.5, 0.6) is 0 Å². The van der Waals surface area contributed by atoms with Crippen molar-refractivity contribution in [2.45, 2.75) is 44.7 Å². The minimum absolute atomic E-state index is 0.127. The number of hydrogen-bond acceptors (Lipinski definition) is 1. The van der Waals surface area contributed by atoms with E-state index in [1.165, 1.54) is 32.1 Å². The number of nitrogens with zero attached hydrogens (tertiary/aromatic N) is 1. The fourth-order valence-electron chi connectivity index (χ4n) is 1.78. The van der Waals surface area contributed by atoms with Gasteiger partial charge >= 0.3 is 0 Å². The van der Waals surface area contributed by atoms with Gasteiger partial charge in [-0.1, -0.05) is 25.8 Å². The van der Waals surface area contributed by atoms with Crippen molar-refractivity contribution in [1.29, 1.82) is 0 Å². The van der Waals surface area contributed by atoms with Crippen LogP contribution in [0.4, 0.5) is 0 Å². The van der Waals surface area contributed by atoms with Crippen molar-refractivity contribution in [3.05, 3.63) is 0 Å². The summed E-state index contributed by atoms with van der Waals surface area (Å²) < 4.78 is 2.62. The Kier molecular flexibility index (Phi) is 3.42. The normalized spacial score (nSPS) is 23.1. The zero-order valence-corrected chi connectivity index (χ0v) is 8.68. The monoisotopic (exact) mass is 157 g/mol. The van der Waals surface area contributed by atoms with Gasteiger partial charge in [-0.05, 0) is 19.9 Å². The molecular formula is C8H19NSi. The molecule has 0 N–H and O–H groups in total. The first kappa shape index (κ1) is 8.28. The van der Waals surface area contributed by atoms with Gasteiger partial charge in [0, 0.05) is 6.04 Å². The van der Waals surface area contributed by atoms with Crippen LogP contribution in [0.3, 0.4) is 0 Å². The third-order valence-corrected chi connectivity index (χ3v) is 4.21. The van der Waals surface area contributed by atoms with E-state index in [4.69, 9.17) is 0 Å². The largest absolute Gasteiger partial charge is 0.329 e. The molecule has 60 valence electrons. The molecule has 1 aliphatic rings. The van der Waals surface area contributed by atoms with Crippen molar-refractivity contribution in [2.75, 3.05) is 7.05 Å². The van der Waals surface area contributed by atoms with E-state index >= 15 is 0 Å². The second kappa shape index (κ2) is 4.14. The van der Waals surface area contributed by atoms with Crippen molar-refractivity contribution < 1.29 is 0 Å². The van der Waals surface area contributed by atoms with E-state index in [0.717, 1.165) is 6.04 Å². The Balaban J connectivity index is 2.24. The molecule has 0 aliphatic heterocycles. The third kappa shape index (κ3) is 2.10. The van der Waals surface area contributed by atoms with Gasteiger partial charge in [0.25, 0.3) is 0 Å². The van der Waals surface area contributed by atoms with Crippen molar-refractivity contribution >= 4 is 9.68 Å². The van der Waals surface area contributed by atoms with Crippen LogP contribution in [0.2, 0.25) is 6.55 Å². The molecule has 1 fully saturated rings. The lowest BCUT2D eigenvalue weighted by Gasteiger charge is -2.30. The summed E-state index contributed by atoms with van der Waals surface area (Å²) in [5, 5.41) is 0. The van der Waals surface area contributed by atoms with Crippen LogP contribution in [0.15, 0.2) is 0 Å². The summed E-state index contributed by atoms with van der Waals surface area (Å²) in [7, 11) is 2.43. The number of hydrogen-bond donors (Lipinski definition) is 0. The van der Waals surface area contributed by atoms with E-state index in [9.17, 15) is 0 Å². The van der Waals surface area contributed by atoms with Crippen LogP contribution >= 0.6 is 0 Å². The second-order valence-corrected chi connectivity index (χ2v) is 5.00. The maximum atomic E-state index is 2.62. The van der Waals surface area contributed by atoms with Crippen LogP contribution in [0, 0.1) is 0 Å². The highest BCUT2D eigenvalue weighted by Gasteiger charge is 2.15. The molecule has 0 saturated heterocycles. The molecular weight excluding hydrogens is 138 g/mol. The van der Waals surface area contributed by atoms with Gasteiger partial charge in [-0.3, -0.25) is 0 Å². The van der Waals surface area contributed by atoms with Crippen LogP contribution < -0.4 is 0 Å². The topological polar surface area (TPSA) is 3.24 Å². The lowest BCUT2D eigenvalue weighted by molar-refractivity contribution is 0.292. The van der Waals surface area contributed by atoms with Crippen LogP contribution in [-0.2, 0) is 0 Å². The molecule has 0 radical (unpaired) electrons. The molecule has 1 saturated carbocycles. The maximum Gasteiger partial charge on any atom is 0.0919 e. The Morgan fingerprint density at radius 3 is 2.30 bits per heavy atom. The van der Waals surface area contributed by atoms with Crippen molar-refractivity contribution in [2.24, 2.45) is 0 Å². The average Bonchev–Trinajstić information content (AvgIpc) is 2.05. The first-order valence-electron chi connectivity index (χ1n) is 4.55. The molecule has 1 nitrogen and oxygen atoms in total. The van der Waals surface area contributed by atoms with Crippen LogP contribution in [0.1, 0.15) is 32.1 Å². The molecule has 0 aromatic carbocycles. The zero-order valence-electron chi connectivity index (χ0n) is 7.27. The highest BCUT2D eigenvalue weighted by atomic mass is 28.2. The van der Waals surface area contributed by atoms with Gasteiger partial charge < -0.3 is 4.57 Å². The zero-order chi connectivity index (χ0) is 7.40. The minimum Gasteiger partial charge on any atom is -0.329 e. The van der Waals surface area contributed by atoms with E-state index in [-0.39, 0.29) is 9.68 Å². The van der Waals surface area contributed by atoms with E-state index < -0.39 is 0 Å². The molecule has 0 unspecified atom stereocenters. The van der Waals surface area contributed by atoms with Crippen molar-refractivity contribution in [3.63, 3.8) is 0 Å². The predicted molar refractivity (Wildman–Crippen MR) is 49.0 cm³/mol. The van der Waals surface area contributed by atoms with Gasteiger partial charge in [0.2, 0.25) is 0 Å². The summed E-state index contributed by atoms with van der Waals surface area (Å²) in [6.07, 6.45) is 7.37. The second-order valence-electron chi connectivity index (χ2n) is 3.37. The van der Waals surface area contributed by atoms with Crippen molar-refractivity contribution in [1.82, 2.24) is 4.57 Å². The first-order valence-corrected chi connectivity index (χ1v) is 6.59. The lowest BCUT2D eigenvalue weighted by atomic mass is 9.96. The fraction of sp³-hybridized carbons (Fsp3) is 1.00. The van der Waals surface area contributed by atoms with Gasteiger partial charge in [0.15, 0.2) is 0 Å². The molecule has 0 aromatic heterocycles. The smallest absolute Gasteiger partial charge is 0.0919 e. The summed E-state index contributed by atoms with van der Waals surface area (Å²) in [6, 6.07) is 0.963. The molecule has 0 bridgehead atoms. The Morgan fingerprint density at radius 1 is 1.20 bits per heavy atom. The predicted octanol–water partition coefficient (Wildman–Crippen LogP) is 1.38. The molecule has 0 spiro atoms. The SMILES string of the molecule is C[SiH2]N(C)C1CCCCC1. The Hall–Kier alpha value is 0.177. The van der Waals surface area contributed by atoms with Crippen molar-refractivity contribution in [3.8, 4) is 0 Å². The average molecular weight is 157 g/mol. The molecule has 1 rings (SSSR count). The Bertz CT molecular complexity index is 89.3. The standard InChI is InChI=1S/C8H19NSi/c1-9(10-2)8-6-4-3-5-7-8/h8H,3-7,10H2,1-2H3. The summed E-state index contributed by atoms with van der Waals surface area (Å²) >= 11 is 0. The van der Waals surface area contributed by atoms with Gasteiger partial charge in [-0.15, -0.1) is 0 Å². The molecule has 0 aromatic rings. The third-order valence-electron chi connectivity index (χ3n) is 2.70. The fourth-order valence-corrected chi connectivity index (χ4v) is 2.66. The summed E-state index contributed by atoms with van der Waals surface area (Å²) in [5.41, 5.74) is 0. The van der Waals surface area contributed by atoms with E-state index in [2.05, 4.69) is 18.2 Å². The Morgan fingerprint density at radius 2 is 1.80 bits per heavy atom. The quantitative estimate of drug-likeness (QED) is 0.547. The van der Waals surface area contributed by atoms with Gasteiger partial charge in [0.05, 0.1) is 9.68 Å². The lowest BCUT2D eigenvalue weighted by Crippen LogP contribution is -2.34. The van der Waals surface area contributed by atoms with E-state index in [1.807, 2.05) is 0 Å². The summed E-state index contributed by atoms with van der Waals surface area (Å²) in [6.45, 7) is 2.38. The highest BCUT2D eigenvalue weighted by Crippen LogP contribution is 2.20. The summed E-state index contributed by atoms with van der Waals surface area (Å²) in [5.74, 6) is 0. The highest BCUT2D eigenvalue weighted by molar-refractivity contribution is 6.29. The maximum absolute atomic E-state index is 2.62. The molecule has 10 heavy (non-hydrogen) atoms. The number of rotatable bonds is 2. The molecule has 2 heteroatoms. The summed E-state index contributed by atoms with van der Waals surface area (Å²) in [4.78, 5) is 0. The molecule has 0 atom stereocenters. The first-order chi connectivity index (χ1) is 4.84. The molecule has 1 aliphatic carbocycles. The van der Waals surface area contributed by atoms with E-state index in [0.29, 0.717) is 0 Å². The minimum atomic E-state index is 0.127. The van der Waals surface area contributed by atoms with Crippen LogP contribution in [0.25, 0.3) is 0 Å². The van der Waals surface area contributed by atoms with Gasteiger partial charge in [0.1, 0.15) is 0 Å². The molecule has 0 amide bonds. The van der Waals surface area contributed by atoms with Gasteiger partial charge in [-0.25, -0.2) is 0 Å². The molecule has 0 heterocycles. The van der Waals surface area contributed by atoms with Crippen LogP contribution in [-0.4, -0.2) is 27.3 Å². The Labute approximate surface area is 66.7 Å². The van der Waals surface area contributed by atoms with E-state index in [1.54, 1.807) is 0 Å². The van der Waals surface area contributed by atoms with Gasteiger partial charge in [-0.2, -0.15) is 0 Å².